The van der Waals surface area contributed by atoms with Crippen LogP contribution in [0.2, 0.25) is 0 Å². The van der Waals surface area contributed by atoms with Crippen LogP contribution in [-0.4, -0.2) is 30.8 Å². The molecule has 0 aliphatic carbocycles. The van der Waals surface area contributed by atoms with Crippen LogP contribution in [0.25, 0.3) is 10.2 Å². The molecule has 0 saturated carbocycles. The second kappa shape index (κ2) is 8.79. The van der Waals surface area contributed by atoms with Gasteiger partial charge in [-0.05, 0) is 37.3 Å². The largest absolute Gasteiger partial charge is 0.492 e. The van der Waals surface area contributed by atoms with E-state index >= 15 is 0 Å². The first-order valence-corrected chi connectivity index (χ1v) is 9.67. The minimum atomic E-state index is -4.53. The monoisotopic (exact) mass is 424 g/mol. The van der Waals surface area contributed by atoms with E-state index in [1.165, 1.54) is 23.5 Å². The minimum absolute atomic E-state index is 0.124. The summed E-state index contributed by atoms with van der Waals surface area (Å²) < 4.78 is 52.3. The SMILES string of the molecule is CCOc1cccc2sc(=NC(=O)c3cccc(C(F)(F)F)c3)n(CCOC)c12. The molecule has 0 aliphatic heterocycles. The maximum atomic E-state index is 12.9. The maximum Gasteiger partial charge on any atom is 0.416 e. The van der Waals surface area contributed by atoms with Gasteiger partial charge in [0, 0.05) is 19.2 Å². The molecule has 154 valence electrons. The van der Waals surface area contributed by atoms with Gasteiger partial charge in [-0.2, -0.15) is 18.2 Å². The summed E-state index contributed by atoms with van der Waals surface area (Å²) in [6.07, 6.45) is -4.53. The average Bonchev–Trinajstić information content (AvgIpc) is 3.04. The van der Waals surface area contributed by atoms with Gasteiger partial charge in [-0.25, -0.2) is 0 Å². The maximum absolute atomic E-state index is 12.9. The lowest BCUT2D eigenvalue weighted by atomic mass is 10.1. The zero-order valence-corrected chi connectivity index (χ0v) is 16.6. The van der Waals surface area contributed by atoms with Crippen LogP contribution in [0, 0.1) is 0 Å². The Balaban J connectivity index is 2.12. The Morgan fingerprint density at radius 1 is 1.21 bits per heavy atom. The number of nitrogens with zero attached hydrogens (tertiary/aromatic N) is 2. The van der Waals surface area contributed by atoms with Gasteiger partial charge < -0.3 is 14.0 Å². The minimum Gasteiger partial charge on any atom is -0.492 e. The van der Waals surface area contributed by atoms with Crippen LogP contribution in [0.4, 0.5) is 13.2 Å². The molecule has 0 unspecified atom stereocenters. The van der Waals surface area contributed by atoms with Crippen molar-refractivity contribution in [1.29, 1.82) is 0 Å². The van der Waals surface area contributed by atoms with E-state index < -0.39 is 17.6 Å². The summed E-state index contributed by atoms with van der Waals surface area (Å²) in [6.45, 7) is 3.12. The lowest BCUT2D eigenvalue weighted by molar-refractivity contribution is -0.137. The number of rotatable bonds is 6. The van der Waals surface area contributed by atoms with Gasteiger partial charge in [0.1, 0.15) is 11.3 Å². The number of hydrogen-bond donors (Lipinski definition) is 0. The standard InChI is InChI=1S/C20H19F3N2O3S/c1-3-28-15-8-5-9-16-17(15)25(10-11-27-2)19(29-16)24-18(26)13-6-4-7-14(12-13)20(21,22)23/h4-9,12H,3,10-11H2,1-2H3. The van der Waals surface area contributed by atoms with Gasteiger partial charge in [-0.15, -0.1) is 0 Å². The van der Waals surface area contributed by atoms with Gasteiger partial charge in [0.25, 0.3) is 5.91 Å². The lowest BCUT2D eigenvalue weighted by Crippen LogP contribution is -2.20. The Kier molecular flexibility index (Phi) is 6.39. The molecule has 0 spiro atoms. The first-order valence-electron chi connectivity index (χ1n) is 8.85. The average molecular weight is 424 g/mol. The highest BCUT2D eigenvalue weighted by Gasteiger charge is 2.30. The van der Waals surface area contributed by atoms with E-state index in [4.69, 9.17) is 9.47 Å². The number of fused-ring (bicyclic) bond motifs is 1. The second-order valence-electron chi connectivity index (χ2n) is 6.06. The highest BCUT2D eigenvalue weighted by Crippen LogP contribution is 2.30. The quantitative estimate of drug-likeness (QED) is 0.585. The summed E-state index contributed by atoms with van der Waals surface area (Å²) in [7, 11) is 1.56. The Bertz CT molecular complexity index is 1090. The summed E-state index contributed by atoms with van der Waals surface area (Å²) in [5.41, 5.74) is -0.242. The van der Waals surface area contributed by atoms with Crippen LogP contribution < -0.4 is 9.54 Å². The molecule has 29 heavy (non-hydrogen) atoms. The number of methoxy groups -OCH3 is 1. The molecule has 0 atom stereocenters. The molecular formula is C20H19F3N2O3S. The molecular weight excluding hydrogens is 405 g/mol. The van der Waals surface area contributed by atoms with Crippen molar-refractivity contribution in [2.75, 3.05) is 20.3 Å². The molecule has 1 aromatic heterocycles. The van der Waals surface area contributed by atoms with Crippen LogP contribution >= 0.6 is 11.3 Å². The van der Waals surface area contributed by atoms with Crippen molar-refractivity contribution < 1.29 is 27.4 Å². The molecule has 0 radical (unpaired) electrons. The Morgan fingerprint density at radius 3 is 2.66 bits per heavy atom. The number of ether oxygens (including phenoxy) is 2. The molecule has 1 heterocycles. The number of para-hydroxylation sites is 1. The van der Waals surface area contributed by atoms with E-state index in [1.807, 2.05) is 25.1 Å². The van der Waals surface area contributed by atoms with Crippen molar-refractivity contribution in [2.45, 2.75) is 19.6 Å². The van der Waals surface area contributed by atoms with E-state index in [2.05, 4.69) is 4.99 Å². The Labute approximate surface area is 169 Å². The summed E-state index contributed by atoms with van der Waals surface area (Å²) >= 11 is 1.26. The zero-order chi connectivity index (χ0) is 21.0. The molecule has 2 aromatic carbocycles. The third-order valence-corrected chi connectivity index (χ3v) is 5.16. The molecule has 0 N–H and O–H groups in total. The van der Waals surface area contributed by atoms with E-state index in [0.29, 0.717) is 30.3 Å². The molecule has 3 aromatic rings. The number of hydrogen-bond acceptors (Lipinski definition) is 4. The lowest BCUT2D eigenvalue weighted by Gasteiger charge is -2.09. The number of benzene rings is 2. The fourth-order valence-corrected chi connectivity index (χ4v) is 3.90. The summed E-state index contributed by atoms with van der Waals surface area (Å²) in [5.74, 6) is -0.0999. The number of halogens is 3. The van der Waals surface area contributed by atoms with Crippen LogP contribution in [0.3, 0.4) is 0 Å². The van der Waals surface area contributed by atoms with Gasteiger partial charge in [0.05, 0.1) is 23.5 Å². The van der Waals surface area contributed by atoms with E-state index in [1.54, 1.807) is 11.7 Å². The van der Waals surface area contributed by atoms with Crippen LogP contribution in [0.1, 0.15) is 22.8 Å². The smallest absolute Gasteiger partial charge is 0.416 e. The van der Waals surface area contributed by atoms with Crippen molar-refractivity contribution in [1.82, 2.24) is 4.57 Å². The van der Waals surface area contributed by atoms with Gasteiger partial charge in [0.15, 0.2) is 4.80 Å². The first-order chi connectivity index (χ1) is 13.8. The number of aromatic nitrogens is 1. The van der Waals surface area contributed by atoms with Crippen molar-refractivity contribution in [3.8, 4) is 5.75 Å². The van der Waals surface area contributed by atoms with Crippen LogP contribution in [-0.2, 0) is 17.5 Å². The molecule has 5 nitrogen and oxygen atoms in total. The van der Waals surface area contributed by atoms with Gasteiger partial charge >= 0.3 is 6.18 Å². The van der Waals surface area contributed by atoms with E-state index in [9.17, 15) is 18.0 Å². The molecule has 9 heteroatoms. The summed E-state index contributed by atoms with van der Waals surface area (Å²) in [5, 5.41) is 0. The highest BCUT2D eigenvalue weighted by molar-refractivity contribution is 7.16. The first kappa shape index (κ1) is 21.1. The molecule has 0 fully saturated rings. The van der Waals surface area contributed by atoms with Gasteiger partial charge in [0.2, 0.25) is 0 Å². The zero-order valence-electron chi connectivity index (χ0n) is 15.8. The van der Waals surface area contributed by atoms with Crippen molar-refractivity contribution in [3.63, 3.8) is 0 Å². The predicted molar refractivity (Wildman–Crippen MR) is 104 cm³/mol. The van der Waals surface area contributed by atoms with Gasteiger partial charge in [-0.3, -0.25) is 4.79 Å². The number of thiazole rings is 1. The summed E-state index contributed by atoms with van der Waals surface area (Å²) in [4.78, 5) is 17.1. The van der Waals surface area contributed by atoms with Crippen molar-refractivity contribution in [3.05, 3.63) is 58.4 Å². The molecule has 0 aliphatic rings. The third kappa shape index (κ3) is 4.68. The number of carbonyl (C=O) groups is 1. The molecule has 1 amide bonds. The van der Waals surface area contributed by atoms with Crippen molar-refractivity contribution >= 4 is 27.5 Å². The highest BCUT2D eigenvalue weighted by atomic mass is 32.1. The Morgan fingerprint density at radius 2 is 1.97 bits per heavy atom. The third-order valence-electron chi connectivity index (χ3n) is 4.12. The second-order valence-corrected chi connectivity index (χ2v) is 7.07. The topological polar surface area (TPSA) is 52.8 Å². The van der Waals surface area contributed by atoms with E-state index in [-0.39, 0.29) is 5.56 Å². The Hall–Kier alpha value is -2.65. The molecule has 3 rings (SSSR count). The molecule has 0 bridgehead atoms. The van der Waals surface area contributed by atoms with Crippen LogP contribution in [0.15, 0.2) is 47.5 Å². The number of alkyl halides is 3. The van der Waals surface area contributed by atoms with E-state index in [0.717, 1.165) is 22.3 Å². The fraction of sp³-hybridized carbons (Fsp3) is 0.300. The summed E-state index contributed by atoms with van der Waals surface area (Å²) in [6, 6.07) is 9.78. The normalized spacial score (nSPS) is 12.5. The molecule has 0 saturated heterocycles. The predicted octanol–water partition coefficient (Wildman–Crippen LogP) is 4.51. The number of amides is 1. The van der Waals surface area contributed by atoms with Crippen LogP contribution in [0.5, 0.6) is 5.75 Å². The fourth-order valence-electron chi connectivity index (χ4n) is 2.82. The van der Waals surface area contributed by atoms with Crippen molar-refractivity contribution in [2.24, 2.45) is 4.99 Å². The number of carbonyl (C=O) groups excluding carboxylic acids is 1. The van der Waals surface area contributed by atoms with Gasteiger partial charge in [-0.1, -0.05) is 23.5 Å².